The lowest BCUT2D eigenvalue weighted by Crippen LogP contribution is -2.36. The summed E-state index contributed by atoms with van der Waals surface area (Å²) in [6, 6.07) is 13.2. The maximum Gasteiger partial charge on any atom is 0.323 e. The van der Waals surface area contributed by atoms with E-state index in [2.05, 4.69) is 0 Å². The van der Waals surface area contributed by atoms with E-state index in [9.17, 15) is 9.59 Å². The highest BCUT2D eigenvalue weighted by Gasteiger charge is 2.17. The van der Waals surface area contributed by atoms with Gasteiger partial charge in [-0.2, -0.15) is 0 Å². The monoisotopic (exact) mass is 271 g/mol. The molecule has 0 atom stereocenters. The number of carboxylic acid groups (broad SMARTS) is 1. The van der Waals surface area contributed by atoms with Crippen LogP contribution in [0.1, 0.15) is 23.7 Å². The summed E-state index contributed by atoms with van der Waals surface area (Å²) >= 11 is 0. The highest BCUT2D eigenvalue weighted by Crippen LogP contribution is 2.17. The molecular weight excluding hydrogens is 254 g/mol. The van der Waals surface area contributed by atoms with E-state index < -0.39 is 5.97 Å². The largest absolute Gasteiger partial charge is 0.480 e. The van der Waals surface area contributed by atoms with Crippen molar-refractivity contribution < 1.29 is 14.7 Å². The lowest BCUT2D eigenvalue weighted by molar-refractivity contribution is -0.137. The molecule has 0 saturated heterocycles. The van der Waals surface area contributed by atoms with Crippen LogP contribution in [-0.4, -0.2) is 35.0 Å². The van der Waals surface area contributed by atoms with Crippen LogP contribution in [0.4, 0.5) is 0 Å². The summed E-state index contributed by atoms with van der Waals surface area (Å²) < 4.78 is 0. The minimum atomic E-state index is -0.993. The topological polar surface area (TPSA) is 57.6 Å². The van der Waals surface area contributed by atoms with Crippen molar-refractivity contribution in [3.63, 3.8) is 0 Å². The third-order valence-corrected chi connectivity index (χ3v) is 3.10. The molecule has 4 heteroatoms. The number of carboxylic acids is 1. The summed E-state index contributed by atoms with van der Waals surface area (Å²) in [6.45, 7) is 2.10. The first-order valence-corrected chi connectivity index (χ1v) is 6.61. The molecule has 0 unspecified atom stereocenters. The average molecular weight is 271 g/mol. The van der Waals surface area contributed by atoms with Crippen molar-refractivity contribution in [2.45, 2.75) is 13.3 Å². The number of amides is 1. The van der Waals surface area contributed by atoms with Gasteiger partial charge in [0, 0.05) is 12.1 Å². The van der Waals surface area contributed by atoms with E-state index >= 15 is 0 Å². The van der Waals surface area contributed by atoms with E-state index in [1.165, 1.54) is 4.90 Å². The van der Waals surface area contributed by atoms with Gasteiger partial charge >= 0.3 is 5.97 Å². The molecule has 0 fully saturated rings. The van der Waals surface area contributed by atoms with Gasteiger partial charge in [0.2, 0.25) is 0 Å². The first-order valence-electron chi connectivity index (χ1n) is 6.61. The minimum absolute atomic E-state index is 0.236. The molecule has 4 nitrogen and oxygen atoms in total. The molecule has 1 amide bonds. The average Bonchev–Trinajstić information content (AvgIpc) is 2.45. The van der Waals surface area contributed by atoms with Crippen molar-refractivity contribution in [2.24, 2.45) is 0 Å². The van der Waals surface area contributed by atoms with Crippen LogP contribution >= 0.6 is 0 Å². The number of carbonyl (C=O) groups excluding carboxylic acids is 1. The van der Waals surface area contributed by atoms with Gasteiger partial charge in [0.25, 0.3) is 5.91 Å². The standard InChI is InChI=1S/C16H17NO3/c1-2-9-17(11-15(18)19)16(20)14-8-7-12-5-3-4-6-13(12)10-14/h3-8,10H,2,9,11H2,1H3,(H,18,19). The number of carbonyl (C=O) groups is 2. The Hall–Kier alpha value is -2.36. The number of hydrogen-bond donors (Lipinski definition) is 1. The molecule has 0 bridgehead atoms. The summed E-state index contributed by atoms with van der Waals surface area (Å²) in [4.78, 5) is 24.6. The van der Waals surface area contributed by atoms with Crippen molar-refractivity contribution in [1.29, 1.82) is 0 Å². The molecule has 0 aromatic heterocycles. The number of nitrogens with zero attached hydrogens (tertiary/aromatic N) is 1. The van der Waals surface area contributed by atoms with Crippen LogP contribution in [0, 0.1) is 0 Å². The maximum absolute atomic E-state index is 12.4. The summed E-state index contributed by atoms with van der Waals surface area (Å²) in [5.41, 5.74) is 0.526. The lowest BCUT2D eigenvalue weighted by atomic mass is 10.1. The molecule has 2 rings (SSSR count). The molecule has 0 aliphatic heterocycles. The molecule has 0 aliphatic carbocycles. The fraction of sp³-hybridized carbons (Fsp3) is 0.250. The third kappa shape index (κ3) is 3.15. The van der Waals surface area contributed by atoms with Gasteiger partial charge in [-0.05, 0) is 29.3 Å². The van der Waals surface area contributed by atoms with Crippen LogP contribution in [0.2, 0.25) is 0 Å². The Bertz CT molecular complexity index is 636. The molecular formula is C16H17NO3. The van der Waals surface area contributed by atoms with Crippen molar-refractivity contribution in [3.8, 4) is 0 Å². The van der Waals surface area contributed by atoms with E-state index in [4.69, 9.17) is 5.11 Å². The number of fused-ring (bicyclic) bond motifs is 1. The number of aliphatic carboxylic acids is 1. The van der Waals surface area contributed by atoms with Crippen molar-refractivity contribution in [2.75, 3.05) is 13.1 Å². The predicted octanol–water partition coefficient (Wildman–Crippen LogP) is 2.78. The first-order chi connectivity index (χ1) is 9.61. The van der Waals surface area contributed by atoms with Gasteiger partial charge in [-0.15, -0.1) is 0 Å². The first kappa shape index (κ1) is 14.1. The number of hydrogen-bond acceptors (Lipinski definition) is 2. The highest BCUT2D eigenvalue weighted by atomic mass is 16.4. The van der Waals surface area contributed by atoms with E-state index in [1.807, 2.05) is 43.3 Å². The fourth-order valence-corrected chi connectivity index (χ4v) is 2.19. The summed E-state index contributed by atoms with van der Waals surface area (Å²) in [7, 11) is 0. The van der Waals surface area contributed by atoms with Crippen molar-refractivity contribution in [1.82, 2.24) is 4.90 Å². The normalized spacial score (nSPS) is 10.4. The zero-order valence-electron chi connectivity index (χ0n) is 11.4. The van der Waals surface area contributed by atoms with E-state index in [0.29, 0.717) is 12.1 Å². The maximum atomic E-state index is 12.4. The van der Waals surface area contributed by atoms with E-state index in [0.717, 1.165) is 17.2 Å². The summed E-state index contributed by atoms with van der Waals surface area (Å²) in [5.74, 6) is -1.23. The van der Waals surface area contributed by atoms with Gasteiger partial charge in [-0.1, -0.05) is 37.3 Å². The van der Waals surface area contributed by atoms with Gasteiger partial charge in [-0.3, -0.25) is 9.59 Å². The molecule has 2 aromatic rings. The second-order valence-corrected chi connectivity index (χ2v) is 4.68. The van der Waals surface area contributed by atoms with Crippen LogP contribution in [0.15, 0.2) is 42.5 Å². The Morgan fingerprint density at radius 2 is 1.80 bits per heavy atom. The molecule has 0 spiro atoms. The molecule has 0 radical (unpaired) electrons. The van der Waals surface area contributed by atoms with Crippen molar-refractivity contribution >= 4 is 22.6 Å². The minimum Gasteiger partial charge on any atom is -0.480 e. The van der Waals surface area contributed by atoms with E-state index in [1.54, 1.807) is 6.07 Å². The highest BCUT2D eigenvalue weighted by molar-refractivity contribution is 5.99. The molecule has 0 aliphatic rings. The molecule has 0 saturated carbocycles. The Morgan fingerprint density at radius 1 is 1.10 bits per heavy atom. The Balaban J connectivity index is 2.30. The van der Waals surface area contributed by atoms with E-state index in [-0.39, 0.29) is 12.5 Å². The van der Waals surface area contributed by atoms with Crippen LogP contribution in [0.5, 0.6) is 0 Å². The van der Waals surface area contributed by atoms with Crippen LogP contribution in [0.25, 0.3) is 10.8 Å². The SMILES string of the molecule is CCCN(CC(=O)O)C(=O)c1ccc2ccccc2c1. The zero-order chi connectivity index (χ0) is 14.5. The Labute approximate surface area is 117 Å². The van der Waals surface area contributed by atoms with Gasteiger partial charge in [-0.25, -0.2) is 0 Å². The van der Waals surface area contributed by atoms with Crippen LogP contribution in [0.3, 0.4) is 0 Å². The quantitative estimate of drug-likeness (QED) is 0.909. The Morgan fingerprint density at radius 3 is 2.45 bits per heavy atom. The number of rotatable bonds is 5. The van der Waals surface area contributed by atoms with Crippen LogP contribution < -0.4 is 0 Å². The Kier molecular flexibility index (Phi) is 4.35. The number of benzene rings is 2. The fourth-order valence-electron chi connectivity index (χ4n) is 2.19. The van der Waals surface area contributed by atoms with Gasteiger partial charge in [0.05, 0.1) is 0 Å². The molecule has 0 heterocycles. The summed E-state index contributed by atoms with van der Waals surface area (Å²) in [6.07, 6.45) is 0.729. The zero-order valence-corrected chi connectivity index (χ0v) is 11.4. The van der Waals surface area contributed by atoms with Gasteiger partial charge in [0.1, 0.15) is 6.54 Å². The molecule has 20 heavy (non-hydrogen) atoms. The second-order valence-electron chi connectivity index (χ2n) is 4.68. The van der Waals surface area contributed by atoms with Crippen molar-refractivity contribution in [3.05, 3.63) is 48.0 Å². The summed E-state index contributed by atoms with van der Waals surface area (Å²) in [5, 5.41) is 10.9. The third-order valence-electron chi connectivity index (χ3n) is 3.10. The molecule has 1 N–H and O–H groups in total. The molecule has 2 aromatic carbocycles. The smallest absolute Gasteiger partial charge is 0.323 e. The van der Waals surface area contributed by atoms with Gasteiger partial charge < -0.3 is 10.0 Å². The molecule has 104 valence electrons. The predicted molar refractivity (Wildman–Crippen MR) is 77.8 cm³/mol. The van der Waals surface area contributed by atoms with Gasteiger partial charge in [0.15, 0.2) is 0 Å². The van der Waals surface area contributed by atoms with Crippen LogP contribution in [-0.2, 0) is 4.79 Å². The second kappa shape index (κ2) is 6.19. The lowest BCUT2D eigenvalue weighted by Gasteiger charge is -2.20.